The highest BCUT2D eigenvalue weighted by Crippen LogP contribution is 2.33. The Kier molecular flexibility index (Phi) is 4.32. The van der Waals surface area contributed by atoms with Crippen LogP contribution in [0.5, 0.6) is 0 Å². The molecule has 0 unspecified atom stereocenters. The monoisotopic (exact) mass is 357 g/mol. The normalized spacial score (nSPS) is 14.9. The summed E-state index contributed by atoms with van der Waals surface area (Å²) in [6.45, 7) is 3.79. The van der Waals surface area contributed by atoms with Crippen molar-refractivity contribution in [2.75, 3.05) is 36.0 Å². The molecule has 24 heavy (non-hydrogen) atoms. The van der Waals surface area contributed by atoms with Gasteiger partial charge in [0.05, 0.1) is 5.02 Å². The molecule has 7 heteroatoms. The van der Waals surface area contributed by atoms with E-state index < -0.39 is 0 Å². The van der Waals surface area contributed by atoms with E-state index in [1.165, 1.54) is 5.69 Å². The van der Waals surface area contributed by atoms with Crippen molar-refractivity contribution in [3.05, 3.63) is 53.8 Å². The summed E-state index contributed by atoms with van der Waals surface area (Å²) in [7, 11) is 0. The van der Waals surface area contributed by atoms with Crippen molar-refractivity contribution in [1.29, 1.82) is 0 Å². The van der Waals surface area contributed by atoms with Gasteiger partial charge in [0, 0.05) is 49.8 Å². The van der Waals surface area contributed by atoms with Crippen molar-refractivity contribution in [3.63, 3.8) is 0 Å². The van der Waals surface area contributed by atoms with E-state index >= 15 is 0 Å². The van der Waals surface area contributed by atoms with Crippen LogP contribution in [0.25, 0.3) is 10.6 Å². The van der Waals surface area contributed by atoms with Gasteiger partial charge in [0.2, 0.25) is 5.13 Å². The number of aromatic nitrogens is 3. The first-order valence-electron chi connectivity index (χ1n) is 7.79. The Labute approximate surface area is 149 Å². The Bertz CT molecular complexity index is 815. The van der Waals surface area contributed by atoms with Gasteiger partial charge in [-0.05, 0) is 18.2 Å². The number of benzene rings is 1. The highest BCUT2D eigenvalue weighted by Gasteiger charge is 2.21. The van der Waals surface area contributed by atoms with Crippen LogP contribution in [0.15, 0.2) is 48.8 Å². The molecule has 1 aliphatic rings. The lowest BCUT2D eigenvalue weighted by Crippen LogP contribution is -2.46. The summed E-state index contributed by atoms with van der Waals surface area (Å²) in [5.41, 5.74) is 2.16. The van der Waals surface area contributed by atoms with E-state index in [1.54, 1.807) is 11.3 Å². The number of pyridine rings is 1. The van der Waals surface area contributed by atoms with Crippen molar-refractivity contribution in [1.82, 2.24) is 15.2 Å². The van der Waals surface area contributed by atoms with Gasteiger partial charge in [-0.3, -0.25) is 4.98 Å². The number of hydrogen-bond acceptors (Lipinski definition) is 6. The summed E-state index contributed by atoms with van der Waals surface area (Å²) in [4.78, 5) is 8.73. The summed E-state index contributed by atoms with van der Waals surface area (Å²) < 4.78 is 0. The first kappa shape index (κ1) is 15.4. The molecule has 1 saturated heterocycles. The van der Waals surface area contributed by atoms with Crippen LogP contribution in [0.3, 0.4) is 0 Å². The van der Waals surface area contributed by atoms with Crippen molar-refractivity contribution in [2.24, 2.45) is 0 Å². The second-order valence-corrected chi connectivity index (χ2v) is 6.91. The minimum Gasteiger partial charge on any atom is -0.368 e. The SMILES string of the molecule is Clc1ccccc1-c1nnc(N2CCN(c3ccncc3)CC2)s1. The molecular formula is C17H16ClN5S. The number of halogens is 1. The molecule has 122 valence electrons. The number of piperazine rings is 1. The van der Waals surface area contributed by atoms with E-state index in [9.17, 15) is 0 Å². The van der Waals surface area contributed by atoms with E-state index in [-0.39, 0.29) is 0 Å². The topological polar surface area (TPSA) is 45.2 Å². The Morgan fingerprint density at radius 3 is 2.33 bits per heavy atom. The largest absolute Gasteiger partial charge is 0.368 e. The second-order valence-electron chi connectivity index (χ2n) is 5.55. The van der Waals surface area contributed by atoms with E-state index in [1.807, 2.05) is 36.7 Å². The average molecular weight is 358 g/mol. The first-order valence-corrected chi connectivity index (χ1v) is 8.99. The van der Waals surface area contributed by atoms with Gasteiger partial charge in [-0.2, -0.15) is 0 Å². The van der Waals surface area contributed by atoms with Crippen molar-refractivity contribution in [2.45, 2.75) is 0 Å². The van der Waals surface area contributed by atoms with Crippen LogP contribution in [0, 0.1) is 0 Å². The zero-order valence-electron chi connectivity index (χ0n) is 13.0. The number of rotatable bonds is 3. The van der Waals surface area contributed by atoms with Gasteiger partial charge < -0.3 is 9.80 Å². The molecule has 0 aliphatic carbocycles. The zero-order valence-corrected chi connectivity index (χ0v) is 14.5. The number of anilines is 2. The lowest BCUT2D eigenvalue weighted by atomic mass is 10.2. The Balaban J connectivity index is 1.46. The van der Waals surface area contributed by atoms with Gasteiger partial charge in [-0.1, -0.05) is 41.1 Å². The van der Waals surface area contributed by atoms with E-state index in [0.29, 0.717) is 5.02 Å². The summed E-state index contributed by atoms with van der Waals surface area (Å²) >= 11 is 7.85. The van der Waals surface area contributed by atoms with Gasteiger partial charge in [0.1, 0.15) is 0 Å². The summed E-state index contributed by atoms with van der Waals surface area (Å²) in [6, 6.07) is 11.9. The van der Waals surface area contributed by atoms with E-state index in [0.717, 1.165) is 41.9 Å². The number of hydrogen-bond donors (Lipinski definition) is 0. The third-order valence-electron chi connectivity index (χ3n) is 4.10. The molecule has 1 aromatic carbocycles. The van der Waals surface area contributed by atoms with Gasteiger partial charge in [0.25, 0.3) is 0 Å². The molecule has 0 saturated carbocycles. The lowest BCUT2D eigenvalue weighted by Gasteiger charge is -2.35. The molecule has 2 aromatic heterocycles. The maximum Gasteiger partial charge on any atom is 0.208 e. The van der Waals surface area contributed by atoms with Crippen LogP contribution in [0.1, 0.15) is 0 Å². The molecule has 0 atom stereocenters. The molecule has 3 aromatic rings. The Hall–Kier alpha value is -2.18. The maximum atomic E-state index is 6.25. The third kappa shape index (κ3) is 3.07. The fourth-order valence-corrected chi connectivity index (χ4v) is 4.01. The predicted molar refractivity (Wildman–Crippen MR) is 99.0 cm³/mol. The molecule has 0 spiro atoms. The van der Waals surface area contributed by atoms with Crippen molar-refractivity contribution >= 4 is 33.8 Å². The maximum absolute atomic E-state index is 6.25. The quantitative estimate of drug-likeness (QED) is 0.717. The molecule has 0 bridgehead atoms. The fraction of sp³-hybridized carbons (Fsp3) is 0.235. The third-order valence-corrected chi connectivity index (χ3v) is 5.44. The smallest absolute Gasteiger partial charge is 0.208 e. The number of nitrogens with zero attached hydrogens (tertiary/aromatic N) is 5. The molecular weight excluding hydrogens is 342 g/mol. The molecule has 3 heterocycles. The van der Waals surface area contributed by atoms with Gasteiger partial charge in [-0.25, -0.2) is 0 Å². The Morgan fingerprint density at radius 2 is 1.58 bits per heavy atom. The lowest BCUT2D eigenvalue weighted by molar-refractivity contribution is 0.649. The van der Waals surface area contributed by atoms with Gasteiger partial charge in [0.15, 0.2) is 5.01 Å². The van der Waals surface area contributed by atoms with Crippen LogP contribution in [-0.4, -0.2) is 41.4 Å². The van der Waals surface area contributed by atoms with Crippen LogP contribution in [-0.2, 0) is 0 Å². The Morgan fingerprint density at radius 1 is 0.875 bits per heavy atom. The van der Waals surface area contributed by atoms with Crippen molar-refractivity contribution in [3.8, 4) is 10.6 Å². The molecule has 4 rings (SSSR count). The van der Waals surface area contributed by atoms with E-state index in [2.05, 4.69) is 37.1 Å². The van der Waals surface area contributed by atoms with Gasteiger partial charge >= 0.3 is 0 Å². The summed E-state index contributed by atoms with van der Waals surface area (Å²) in [5.74, 6) is 0. The summed E-state index contributed by atoms with van der Waals surface area (Å²) in [5, 5.41) is 11.2. The molecule has 0 N–H and O–H groups in total. The van der Waals surface area contributed by atoms with Crippen LogP contribution in [0.4, 0.5) is 10.8 Å². The zero-order chi connectivity index (χ0) is 16.4. The van der Waals surface area contributed by atoms with E-state index in [4.69, 9.17) is 11.6 Å². The highest BCUT2D eigenvalue weighted by atomic mass is 35.5. The molecule has 0 amide bonds. The fourth-order valence-electron chi connectivity index (χ4n) is 2.80. The van der Waals surface area contributed by atoms with Gasteiger partial charge in [-0.15, -0.1) is 10.2 Å². The van der Waals surface area contributed by atoms with Crippen molar-refractivity contribution < 1.29 is 0 Å². The molecule has 1 fully saturated rings. The van der Waals surface area contributed by atoms with Crippen LogP contribution in [0.2, 0.25) is 5.02 Å². The standard InChI is InChI=1S/C17H16ClN5S/c18-15-4-2-1-3-14(15)16-20-21-17(24-16)23-11-9-22(10-12-23)13-5-7-19-8-6-13/h1-8H,9-12H2. The van der Waals surface area contributed by atoms with Crippen LogP contribution < -0.4 is 9.80 Å². The first-order chi connectivity index (χ1) is 11.8. The average Bonchev–Trinajstić information content (AvgIpc) is 3.13. The molecule has 0 radical (unpaired) electrons. The minimum atomic E-state index is 0.711. The second kappa shape index (κ2) is 6.75. The molecule has 5 nitrogen and oxygen atoms in total. The summed E-state index contributed by atoms with van der Waals surface area (Å²) in [6.07, 6.45) is 3.67. The minimum absolute atomic E-state index is 0.711. The van der Waals surface area contributed by atoms with Crippen LogP contribution >= 0.6 is 22.9 Å². The molecule has 1 aliphatic heterocycles. The predicted octanol–water partition coefficient (Wildman–Crippen LogP) is 3.58. The highest BCUT2D eigenvalue weighted by molar-refractivity contribution is 7.18.